The number of rotatable bonds is 8. The van der Waals surface area contributed by atoms with Crippen LogP contribution < -0.4 is 5.32 Å². The van der Waals surface area contributed by atoms with E-state index in [0.29, 0.717) is 31.1 Å². The van der Waals surface area contributed by atoms with Crippen molar-refractivity contribution in [1.29, 1.82) is 0 Å². The average molecular weight is 470 g/mol. The summed E-state index contributed by atoms with van der Waals surface area (Å²) >= 11 is 0. The van der Waals surface area contributed by atoms with Crippen LogP contribution in [0.5, 0.6) is 0 Å². The van der Waals surface area contributed by atoms with Gasteiger partial charge in [-0.1, -0.05) is 19.1 Å². The van der Waals surface area contributed by atoms with Crippen molar-refractivity contribution < 1.29 is 18.3 Å². The zero-order chi connectivity index (χ0) is 24.1. The van der Waals surface area contributed by atoms with Gasteiger partial charge in [-0.15, -0.1) is 0 Å². The summed E-state index contributed by atoms with van der Waals surface area (Å²) in [5.41, 5.74) is 3.86. The molecule has 0 unspecified atom stereocenters. The molecule has 1 aliphatic rings. The van der Waals surface area contributed by atoms with E-state index in [4.69, 9.17) is 9.84 Å². The van der Waals surface area contributed by atoms with Crippen LogP contribution in [0.3, 0.4) is 0 Å². The summed E-state index contributed by atoms with van der Waals surface area (Å²) in [6.07, 6.45) is 0.778. The molecule has 4 rings (SSSR count). The van der Waals surface area contributed by atoms with Crippen molar-refractivity contribution in [3.05, 3.63) is 77.1 Å². The summed E-state index contributed by atoms with van der Waals surface area (Å²) in [6, 6.07) is 11.7. The number of carbonyl (C=O) groups excluding carboxylic acids is 1. The number of hydrogen-bond donors (Lipinski definition) is 1. The molecule has 9 heteroatoms. The van der Waals surface area contributed by atoms with Gasteiger partial charge in [-0.25, -0.2) is 18.3 Å². The second-order valence-corrected chi connectivity index (χ2v) is 8.24. The molecule has 2 heterocycles. The highest BCUT2D eigenvalue weighted by molar-refractivity contribution is 5.89. The van der Waals surface area contributed by atoms with E-state index in [1.165, 1.54) is 24.3 Å². The maximum absolute atomic E-state index is 13.9. The molecule has 180 valence electrons. The van der Waals surface area contributed by atoms with E-state index in [9.17, 15) is 13.6 Å². The molecule has 2 aromatic carbocycles. The fourth-order valence-electron chi connectivity index (χ4n) is 4.16. The Hall–Kier alpha value is -3.30. The van der Waals surface area contributed by atoms with Crippen LogP contribution in [-0.2, 0) is 24.2 Å². The monoisotopic (exact) mass is 469 g/mol. The van der Waals surface area contributed by atoms with Crippen molar-refractivity contribution >= 4 is 11.7 Å². The normalized spacial score (nSPS) is 13.5. The van der Waals surface area contributed by atoms with Crippen LogP contribution in [0.2, 0.25) is 0 Å². The lowest BCUT2D eigenvalue weighted by Gasteiger charge is -2.27. The Morgan fingerprint density at radius 3 is 2.65 bits per heavy atom. The highest BCUT2D eigenvalue weighted by Crippen LogP contribution is 2.27. The van der Waals surface area contributed by atoms with Crippen molar-refractivity contribution in [2.75, 3.05) is 38.7 Å². The van der Waals surface area contributed by atoms with Gasteiger partial charge in [0.25, 0.3) is 0 Å². The highest BCUT2D eigenvalue weighted by atomic mass is 19.1. The fourth-order valence-corrected chi connectivity index (χ4v) is 4.16. The molecule has 0 spiro atoms. The summed E-state index contributed by atoms with van der Waals surface area (Å²) in [5.74, 6) is -0.755. The summed E-state index contributed by atoms with van der Waals surface area (Å²) in [7, 11) is 1.57. The highest BCUT2D eigenvalue weighted by Gasteiger charge is 2.27. The molecule has 2 amide bonds. The van der Waals surface area contributed by atoms with Gasteiger partial charge in [0.15, 0.2) is 0 Å². The molecule has 0 fully saturated rings. The first-order chi connectivity index (χ1) is 16.5. The zero-order valence-corrected chi connectivity index (χ0v) is 19.4. The molecule has 34 heavy (non-hydrogen) atoms. The van der Waals surface area contributed by atoms with Crippen molar-refractivity contribution in [1.82, 2.24) is 19.6 Å². The van der Waals surface area contributed by atoms with Gasteiger partial charge in [0.05, 0.1) is 30.2 Å². The molecule has 0 aliphatic carbocycles. The van der Waals surface area contributed by atoms with Gasteiger partial charge in [0, 0.05) is 44.4 Å². The number of amides is 2. The molecule has 0 bridgehead atoms. The number of nitrogens with one attached hydrogen (secondary N) is 1. The molecule has 7 nitrogen and oxygen atoms in total. The van der Waals surface area contributed by atoms with Gasteiger partial charge in [-0.2, -0.15) is 5.10 Å². The van der Waals surface area contributed by atoms with E-state index < -0.39 is 5.82 Å². The Labute approximate surface area is 197 Å². The number of likely N-dealkylation sites (N-methyl/N-ethyl adjacent to an activating group) is 1. The summed E-state index contributed by atoms with van der Waals surface area (Å²) in [4.78, 5) is 17.0. The minimum absolute atomic E-state index is 0.243. The first-order valence-electron chi connectivity index (χ1n) is 11.4. The first-order valence-corrected chi connectivity index (χ1v) is 11.4. The van der Waals surface area contributed by atoms with Crippen molar-refractivity contribution in [3.8, 4) is 5.69 Å². The number of ether oxygens (including phenoxy) is 1. The average Bonchev–Trinajstić information content (AvgIpc) is 3.19. The van der Waals surface area contributed by atoms with E-state index in [1.54, 1.807) is 34.9 Å². The number of benzene rings is 2. The molecule has 3 aromatic rings. The van der Waals surface area contributed by atoms with Crippen LogP contribution in [0, 0.1) is 11.6 Å². The lowest BCUT2D eigenvalue weighted by molar-refractivity contribution is 0.152. The maximum Gasteiger partial charge on any atom is 0.322 e. The van der Waals surface area contributed by atoms with Gasteiger partial charge in [-0.3, -0.25) is 4.90 Å². The number of aromatic nitrogens is 2. The van der Waals surface area contributed by atoms with Crippen molar-refractivity contribution in [3.63, 3.8) is 0 Å². The molecule has 1 aliphatic heterocycles. The first kappa shape index (κ1) is 23.8. The number of fused-ring (bicyclic) bond motifs is 1. The van der Waals surface area contributed by atoms with Gasteiger partial charge < -0.3 is 15.0 Å². The zero-order valence-electron chi connectivity index (χ0n) is 19.4. The molecule has 0 saturated carbocycles. The quantitative estimate of drug-likeness (QED) is 0.537. The minimum Gasteiger partial charge on any atom is -0.383 e. The van der Waals surface area contributed by atoms with Crippen LogP contribution in [0.4, 0.5) is 19.3 Å². The Morgan fingerprint density at radius 2 is 1.94 bits per heavy atom. The number of halogens is 2. The Bertz CT molecular complexity index is 1150. The molecule has 1 N–H and O–H groups in total. The second kappa shape index (κ2) is 10.8. The van der Waals surface area contributed by atoms with Gasteiger partial charge in [0.1, 0.15) is 11.6 Å². The predicted molar refractivity (Wildman–Crippen MR) is 126 cm³/mol. The van der Waals surface area contributed by atoms with Gasteiger partial charge in [0.2, 0.25) is 0 Å². The molecule has 0 radical (unpaired) electrons. The van der Waals surface area contributed by atoms with Crippen LogP contribution in [0.25, 0.3) is 5.69 Å². The van der Waals surface area contributed by atoms with Gasteiger partial charge >= 0.3 is 6.03 Å². The third kappa shape index (κ3) is 5.43. The van der Waals surface area contributed by atoms with Crippen molar-refractivity contribution in [2.45, 2.75) is 26.4 Å². The number of hydrogen-bond acceptors (Lipinski definition) is 4. The van der Waals surface area contributed by atoms with E-state index in [1.807, 2.05) is 6.07 Å². The molecule has 1 aromatic heterocycles. The van der Waals surface area contributed by atoms with E-state index in [2.05, 4.69) is 17.1 Å². The third-order valence-corrected chi connectivity index (χ3v) is 5.99. The van der Waals surface area contributed by atoms with Crippen LogP contribution >= 0.6 is 0 Å². The number of nitrogens with zero attached hydrogens (tertiary/aromatic N) is 4. The molecule has 0 atom stereocenters. The summed E-state index contributed by atoms with van der Waals surface area (Å²) in [6.45, 7) is 5.52. The fraction of sp³-hybridized carbons (Fsp3) is 0.360. The van der Waals surface area contributed by atoms with Crippen LogP contribution in [-0.4, -0.2) is 59.0 Å². The van der Waals surface area contributed by atoms with E-state index >= 15 is 0 Å². The molecular weight excluding hydrogens is 440 g/mol. The summed E-state index contributed by atoms with van der Waals surface area (Å²) < 4.78 is 34.5. The largest absolute Gasteiger partial charge is 0.383 e. The minimum atomic E-state index is -0.427. The standard InChI is InChI=1S/C25H29F2N5O2/c1-3-30-11-10-24-22(16-30)23(29-32(24)21-9-5-7-19(27)15-21)17-31(12-13-34-2)25(33)28-20-8-4-6-18(26)14-20/h4-9,14-15H,3,10-13,16-17H2,1-2H3,(H,28,33). The Balaban J connectivity index is 1.65. The lowest BCUT2D eigenvalue weighted by atomic mass is 10.0. The van der Waals surface area contributed by atoms with Crippen LogP contribution in [0.1, 0.15) is 23.9 Å². The third-order valence-electron chi connectivity index (χ3n) is 5.99. The van der Waals surface area contributed by atoms with E-state index in [-0.39, 0.29) is 18.4 Å². The second-order valence-electron chi connectivity index (χ2n) is 8.24. The summed E-state index contributed by atoms with van der Waals surface area (Å²) in [5, 5.41) is 7.58. The van der Waals surface area contributed by atoms with Gasteiger partial charge in [-0.05, 0) is 42.9 Å². The van der Waals surface area contributed by atoms with Crippen LogP contribution in [0.15, 0.2) is 48.5 Å². The maximum atomic E-state index is 13.9. The number of carbonyl (C=O) groups is 1. The van der Waals surface area contributed by atoms with Crippen molar-refractivity contribution in [2.24, 2.45) is 0 Å². The molecular formula is C25H29F2N5O2. The number of urea groups is 1. The SMILES string of the molecule is CCN1CCc2c(c(CN(CCOC)C(=O)Nc3cccc(F)c3)nn2-c2cccc(F)c2)C1. The number of anilines is 1. The smallest absolute Gasteiger partial charge is 0.322 e. The topological polar surface area (TPSA) is 62.6 Å². The lowest BCUT2D eigenvalue weighted by Crippen LogP contribution is -2.37. The molecule has 0 saturated heterocycles. The Morgan fingerprint density at radius 1 is 1.18 bits per heavy atom. The number of methoxy groups -OCH3 is 1. The predicted octanol–water partition coefficient (Wildman–Crippen LogP) is 4.21. The Kier molecular flexibility index (Phi) is 7.54. The van der Waals surface area contributed by atoms with E-state index in [0.717, 1.165) is 36.5 Å².